The van der Waals surface area contributed by atoms with Gasteiger partial charge in [0.15, 0.2) is 0 Å². The smallest absolute Gasteiger partial charge is 0.404 e. The van der Waals surface area contributed by atoms with Crippen molar-refractivity contribution >= 4 is 12.1 Å². The van der Waals surface area contributed by atoms with Crippen LogP contribution in [0.1, 0.15) is 68.2 Å². The Morgan fingerprint density at radius 1 is 0.975 bits per heavy atom. The van der Waals surface area contributed by atoms with Gasteiger partial charge in [-0.2, -0.15) is 0 Å². The minimum Gasteiger partial charge on any atom is -0.462 e. The molecule has 0 aromatic heterocycles. The van der Waals surface area contributed by atoms with Gasteiger partial charge in [-0.05, 0) is 26.2 Å². The van der Waals surface area contributed by atoms with Crippen molar-refractivity contribution in [2.75, 3.05) is 0 Å². The third-order valence-corrected chi connectivity index (χ3v) is 8.32. The van der Waals surface area contributed by atoms with Crippen molar-refractivity contribution in [3.8, 4) is 0 Å². The lowest BCUT2D eigenvalue weighted by atomic mass is 9.82. The van der Waals surface area contributed by atoms with Crippen molar-refractivity contribution in [3.63, 3.8) is 0 Å². The quantitative estimate of drug-likeness (QED) is 0.148. The van der Waals surface area contributed by atoms with Crippen LogP contribution in [0.3, 0.4) is 0 Å². The molecule has 0 bridgehead atoms. The number of carbonyl (C=O) groups excluding carboxylic acids is 2. The minimum atomic E-state index is -0.886. The van der Waals surface area contributed by atoms with E-state index in [1.54, 1.807) is 26.0 Å². The molecule has 0 aliphatic carbocycles. The van der Waals surface area contributed by atoms with Crippen LogP contribution in [-0.2, 0) is 14.3 Å². The molecule has 9 heteroatoms. The van der Waals surface area contributed by atoms with E-state index in [9.17, 15) is 30.0 Å². The van der Waals surface area contributed by atoms with E-state index in [1.165, 1.54) is 0 Å². The van der Waals surface area contributed by atoms with Gasteiger partial charge in [-0.15, -0.1) is 0 Å². The maximum Gasteiger partial charge on any atom is 0.404 e. The van der Waals surface area contributed by atoms with E-state index in [-0.39, 0.29) is 41.9 Å². The summed E-state index contributed by atoms with van der Waals surface area (Å²) in [5.74, 6) is -2.35. The van der Waals surface area contributed by atoms with E-state index in [4.69, 9.17) is 15.2 Å². The summed E-state index contributed by atoms with van der Waals surface area (Å²) < 4.78 is 10.7. The van der Waals surface area contributed by atoms with Gasteiger partial charge < -0.3 is 35.6 Å². The molecule has 0 aromatic rings. The summed E-state index contributed by atoms with van der Waals surface area (Å²) in [6, 6.07) is 0. The summed E-state index contributed by atoms with van der Waals surface area (Å²) in [6.07, 6.45) is 6.56. The van der Waals surface area contributed by atoms with Gasteiger partial charge in [-0.3, -0.25) is 4.79 Å². The fraction of sp³-hybridized carbons (Fsp3) is 0.742. The van der Waals surface area contributed by atoms with Crippen LogP contribution in [0, 0.1) is 41.4 Å². The van der Waals surface area contributed by atoms with Gasteiger partial charge in [-0.25, -0.2) is 4.79 Å². The highest BCUT2D eigenvalue weighted by Crippen LogP contribution is 2.30. The zero-order valence-corrected chi connectivity index (χ0v) is 25.4. The molecule has 1 heterocycles. The molecule has 0 unspecified atom stereocenters. The average Bonchev–Trinajstić information content (AvgIpc) is 2.90. The molecule has 6 N–H and O–H groups in total. The number of allylic oxidation sites excluding steroid dienone is 2. The van der Waals surface area contributed by atoms with Gasteiger partial charge in [0.05, 0.1) is 30.3 Å². The minimum absolute atomic E-state index is 0.107. The van der Waals surface area contributed by atoms with Crippen molar-refractivity contribution in [3.05, 3.63) is 36.5 Å². The summed E-state index contributed by atoms with van der Waals surface area (Å²) in [5.41, 5.74) is 5.26. The predicted molar refractivity (Wildman–Crippen MR) is 155 cm³/mol. The first-order valence-electron chi connectivity index (χ1n) is 14.5. The molecule has 230 valence electrons. The summed E-state index contributed by atoms with van der Waals surface area (Å²) in [7, 11) is 0. The second-order valence-electron chi connectivity index (χ2n) is 11.8. The van der Waals surface area contributed by atoms with Crippen molar-refractivity contribution in [1.82, 2.24) is 0 Å². The van der Waals surface area contributed by atoms with E-state index >= 15 is 0 Å². The molecule has 13 atom stereocenters. The predicted octanol–water partition coefficient (Wildman–Crippen LogP) is 3.74. The largest absolute Gasteiger partial charge is 0.462 e. The number of ether oxygens (including phenoxy) is 2. The first-order valence-corrected chi connectivity index (χ1v) is 14.5. The van der Waals surface area contributed by atoms with Crippen LogP contribution in [-0.4, -0.2) is 69.1 Å². The number of carbonyl (C=O) groups is 2. The lowest BCUT2D eigenvalue weighted by molar-refractivity contribution is -0.179. The Morgan fingerprint density at radius 3 is 2.15 bits per heavy atom. The topological polar surface area (TPSA) is 160 Å². The SMILES string of the molecule is C/C=C\[C@H](C)[C@H](OC(N)=O)[C@@H](C)[C@H](O)[C@@H](C)C/C=C\[C@H](C)[C@@H](O)[C@@H](C)/C=C\[C@@H](O)C[C@@H]1OC(=O)[C@H](C)[C@@H](O)[C@H]1C. The van der Waals surface area contributed by atoms with E-state index in [1.807, 2.05) is 65.8 Å². The molecule has 1 aliphatic rings. The van der Waals surface area contributed by atoms with E-state index in [0.29, 0.717) is 6.42 Å². The van der Waals surface area contributed by atoms with Crippen molar-refractivity contribution in [2.24, 2.45) is 47.2 Å². The number of cyclic esters (lactones) is 1. The Balaban J connectivity index is 2.65. The zero-order chi connectivity index (χ0) is 30.7. The highest BCUT2D eigenvalue weighted by atomic mass is 16.6. The van der Waals surface area contributed by atoms with Crippen molar-refractivity contribution in [2.45, 2.75) is 105 Å². The van der Waals surface area contributed by atoms with Gasteiger partial charge in [0.1, 0.15) is 12.2 Å². The summed E-state index contributed by atoms with van der Waals surface area (Å²) in [6.45, 7) is 14.7. The van der Waals surface area contributed by atoms with Gasteiger partial charge in [0, 0.05) is 36.0 Å². The van der Waals surface area contributed by atoms with Crippen LogP contribution in [0.15, 0.2) is 36.5 Å². The second-order valence-corrected chi connectivity index (χ2v) is 11.8. The number of hydrogen-bond acceptors (Lipinski definition) is 8. The summed E-state index contributed by atoms with van der Waals surface area (Å²) in [4.78, 5) is 23.3. The number of primary amides is 1. The molecule has 1 saturated heterocycles. The number of aliphatic hydroxyl groups is 4. The Bertz CT molecular complexity index is 873. The Kier molecular flexibility index (Phi) is 15.2. The maximum absolute atomic E-state index is 11.9. The fourth-order valence-electron chi connectivity index (χ4n) is 5.37. The summed E-state index contributed by atoms with van der Waals surface area (Å²) in [5, 5.41) is 42.4. The van der Waals surface area contributed by atoms with Crippen molar-refractivity contribution in [1.29, 1.82) is 0 Å². The van der Waals surface area contributed by atoms with Gasteiger partial charge in [-0.1, -0.05) is 78.0 Å². The lowest BCUT2D eigenvalue weighted by Crippen LogP contribution is -2.47. The van der Waals surface area contributed by atoms with Gasteiger partial charge in [0.2, 0.25) is 0 Å². The highest BCUT2D eigenvalue weighted by Gasteiger charge is 2.40. The molecule has 1 aliphatic heterocycles. The third kappa shape index (κ3) is 10.7. The molecular weight excluding hydrogens is 514 g/mol. The van der Waals surface area contributed by atoms with Gasteiger partial charge >= 0.3 is 12.1 Å². The molecule has 0 radical (unpaired) electrons. The van der Waals surface area contributed by atoms with Crippen LogP contribution in [0.4, 0.5) is 4.79 Å². The standard InChI is InChI=1S/C31H53NO8/c1-9-11-20(5)29(40-31(32)38)22(7)27(35)18(3)13-10-12-17(2)26(34)19(4)14-15-24(33)16-25-21(6)28(36)23(8)30(37)39-25/h9-12,14-15,17-29,33-36H,13,16H2,1-8H3,(H2,32,38)/b11-9-,12-10-,15-14-/t17-,18-,19-,20-,21-,22-,23+,24+,25-,26+,27+,28-,29-/m0/s1. The summed E-state index contributed by atoms with van der Waals surface area (Å²) >= 11 is 0. The van der Waals surface area contributed by atoms with E-state index in [0.717, 1.165) is 0 Å². The van der Waals surface area contributed by atoms with Gasteiger partial charge in [0.25, 0.3) is 0 Å². The molecule has 0 spiro atoms. The Hall–Kier alpha value is -2.20. The molecule has 1 fully saturated rings. The molecular formula is C31H53NO8. The van der Waals surface area contributed by atoms with Crippen LogP contribution >= 0.6 is 0 Å². The molecule has 0 aromatic carbocycles. The maximum atomic E-state index is 11.9. The first-order chi connectivity index (χ1) is 18.6. The number of nitrogens with two attached hydrogens (primary N) is 1. The monoisotopic (exact) mass is 567 g/mol. The van der Waals surface area contributed by atoms with E-state index < -0.39 is 54.6 Å². The number of aliphatic hydroxyl groups excluding tert-OH is 4. The number of hydrogen-bond donors (Lipinski definition) is 5. The van der Waals surface area contributed by atoms with Crippen LogP contribution < -0.4 is 5.73 Å². The second kappa shape index (κ2) is 16.9. The zero-order valence-electron chi connectivity index (χ0n) is 25.4. The third-order valence-electron chi connectivity index (χ3n) is 8.32. The number of esters is 1. The Morgan fingerprint density at radius 2 is 1.57 bits per heavy atom. The first kappa shape index (κ1) is 35.8. The average molecular weight is 568 g/mol. The highest BCUT2D eigenvalue weighted by molar-refractivity contribution is 5.73. The normalized spacial score (nSPS) is 28.9. The van der Waals surface area contributed by atoms with Crippen molar-refractivity contribution < 1.29 is 39.5 Å². The van der Waals surface area contributed by atoms with Crippen LogP contribution in [0.5, 0.6) is 0 Å². The molecule has 1 rings (SSSR count). The Labute approximate surface area is 240 Å². The molecule has 0 saturated carbocycles. The number of amides is 1. The molecule has 9 nitrogen and oxygen atoms in total. The lowest BCUT2D eigenvalue weighted by Gasteiger charge is -2.36. The molecule has 40 heavy (non-hydrogen) atoms. The van der Waals surface area contributed by atoms with Crippen LogP contribution in [0.25, 0.3) is 0 Å². The fourth-order valence-corrected chi connectivity index (χ4v) is 5.37. The van der Waals surface area contributed by atoms with E-state index in [2.05, 4.69) is 0 Å². The number of rotatable bonds is 15. The molecule has 1 amide bonds. The van der Waals surface area contributed by atoms with Crippen LogP contribution in [0.2, 0.25) is 0 Å².